The molecule has 0 saturated carbocycles. The zero-order valence-electron chi connectivity index (χ0n) is 9.97. The highest BCUT2D eigenvalue weighted by atomic mass is 16.5. The Morgan fingerprint density at radius 2 is 2.29 bits per heavy atom. The molecule has 4 heteroatoms. The zero-order chi connectivity index (χ0) is 12.1. The minimum Gasteiger partial charge on any atom is -0.497 e. The topological polar surface area (TPSA) is 53.1 Å². The van der Waals surface area contributed by atoms with E-state index in [2.05, 4.69) is 15.6 Å². The first-order chi connectivity index (χ1) is 8.33. The Morgan fingerprint density at radius 3 is 3.06 bits per heavy atom. The van der Waals surface area contributed by atoms with Crippen molar-refractivity contribution >= 4 is 0 Å². The highest BCUT2D eigenvalue weighted by Gasteiger charge is 2.02. The number of benzene rings is 1. The summed E-state index contributed by atoms with van der Waals surface area (Å²) in [7, 11) is 1.68. The lowest BCUT2D eigenvalue weighted by molar-refractivity contribution is 0.414. The molecule has 0 fully saturated rings. The molecule has 0 atom stereocenters. The van der Waals surface area contributed by atoms with E-state index in [0.717, 1.165) is 24.4 Å². The number of hydrogen-bond acceptors (Lipinski definition) is 3. The molecule has 90 valence electrons. The van der Waals surface area contributed by atoms with Crippen molar-refractivity contribution in [3.8, 4) is 5.75 Å². The van der Waals surface area contributed by atoms with Crippen LogP contribution in [-0.4, -0.2) is 23.2 Å². The Kier molecular flexibility index (Phi) is 3.77. The maximum Gasteiger partial charge on any atom is 0.119 e. The smallest absolute Gasteiger partial charge is 0.119 e. The number of nitrogens with two attached hydrogens (primary N) is 1. The lowest BCUT2D eigenvalue weighted by atomic mass is 10.2. The van der Waals surface area contributed by atoms with Crippen molar-refractivity contribution in [2.45, 2.75) is 13.0 Å². The second-order valence-corrected chi connectivity index (χ2v) is 3.90. The molecule has 0 spiro atoms. The lowest BCUT2D eigenvalue weighted by Crippen LogP contribution is -2.09. The summed E-state index contributed by atoms with van der Waals surface area (Å²) in [5, 5.41) is 0. The van der Waals surface area contributed by atoms with Gasteiger partial charge in [0.15, 0.2) is 0 Å². The van der Waals surface area contributed by atoms with Crippen LogP contribution in [0.25, 0.3) is 0 Å². The first-order valence-corrected chi connectivity index (χ1v) is 5.65. The summed E-state index contributed by atoms with van der Waals surface area (Å²) in [6.45, 7) is 1.44. The largest absolute Gasteiger partial charge is 0.497 e. The Labute approximate surface area is 101 Å². The predicted molar refractivity (Wildman–Crippen MR) is 67.1 cm³/mol. The SMILES string of the molecule is COc1cccc(Cn2cncc2CCN)c1. The third-order valence-corrected chi connectivity index (χ3v) is 2.69. The summed E-state index contributed by atoms with van der Waals surface area (Å²) >= 11 is 0. The summed E-state index contributed by atoms with van der Waals surface area (Å²) in [5.41, 5.74) is 7.92. The molecule has 0 saturated heterocycles. The van der Waals surface area contributed by atoms with Crippen LogP contribution < -0.4 is 10.5 Å². The van der Waals surface area contributed by atoms with Crippen LogP contribution in [-0.2, 0) is 13.0 Å². The molecule has 0 unspecified atom stereocenters. The molecule has 0 bridgehead atoms. The first kappa shape index (κ1) is 11.7. The number of aromatic nitrogens is 2. The van der Waals surface area contributed by atoms with E-state index in [1.165, 1.54) is 5.56 Å². The summed E-state index contributed by atoms with van der Waals surface area (Å²) in [5.74, 6) is 0.878. The van der Waals surface area contributed by atoms with Crippen LogP contribution in [0.5, 0.6) is 5.75 Å². The van der Waals surface area contributed by atoms with Crippen molar-refractivity contribution in [1.82, 2.24) is 9.55 Å². The van der Waals surface area contributed by atoms with Gasteiger partial charge in [0.2, 0.25) is 0 Å². The van der Waals surface area contributed by atoms with Gasteiger partial charge in [-0.1, -0.05) is 12.1 Å². The van der Waals surface area contributed by atoms with Gasteiger partial charge in [0.1, 0.15) is 5.75 Å². The van der Waals surface area contributed by atoms with Gasteiger partial charge in [-0.25, -0.2) is 4.98 Å². The van der Waals surface area contributed by atoms with E-state index in [1.807, 2.05) is 30.7 Å². The number of hydrogen-bond donors (Lipinski definition) is 1. The van der Waals surface area contributed by atoms with Crippen molar-refractivity contribution < 1.29 is 4.74 Å². The fourth-order valence-electron chi connectivity index (χ4n) is 1.81. The molecule has 2 rings (SSSR count). The molecule has 0 aliphatic heterocycles. The van der Waals surface area contributed by atoms with Gasteiger partial charge in [-0.05, 0) is 24.2 Å². The highest BCUT2D eigenvalue weighted by Crippen LogP contribution is 2.14. The lowest BCUT2D eigenvalue weighted by Gasteiger charge is -2.08. The number of ether oxygens (including phenoxy) is 1. The van der Waals surface area contributed by atoms with E-state index in [1.54, 1.807) is 7.11 Å². The average Bonchev–Trinajstić information content (AvgIpc) is 2.78. The maximum atomic E-state index is 5.57. The van der Waals surface area contributed by atoms with Crippen molar-refractivity contribution in [3.05, 3.63) is 48.0 Å². The molecule has 17 heavy (non-hydrogen) atoms. The standard InChI is InChI=1S/C13H17N3O/c1-17-13-4-2-3-11(7-13)9-16-10-15-8-12(16)5-6-14/h2-4,7-8,10H,5-6,9,14H2,1H3. The van der Waals surface area contributed by atoms with Crippen LogP contribution in [0.4, 0.5) is 0 Å². The van der Waals surface area contributed by atoms with Crippen LogP contribution in [0.3, 0.4) is 0 Å². The number of methoxy groups -OCH3 is 1. The van der Waals surface area contributed by atoms with E-state index < -0.39 is 0 Å². The van der Waals surface area contributed by atoms with Gasteiger partial charge >= 0.3 is 0 Å². The molecular weight excluding hydrogens is 214 g/mol. The molecule has 4 nitrogen and oxygen atoms in total. The molecule has 0 aliphatic carbocycles. The van der Waals surface area contributed by atoms with Crippen molar-refractivity contribution in [2.75, 3.05) is 13.7 Å². The van der Waals surface area contributed by atoms with Crippen LogP contribution in [0.2, 0.25) is 0 Å². The Bertz CT molecular complexity index is 479. The van der Waals surface area contributed by atoms with Crippen LogP contribution >= 0.6 is 0 Å². The molecule has 0 amide bonds. The average molecular weight is 231 g/mol. The maximum absolute atomic E-state index is 5.57. The Morgan fingerprint density at radius 1 is 1.41 bits per heavy atom. The van der Waals surface area contributed by atoms with Crippen LogP contribution in [0.15, 0.2) is 36.8 Å². The van der Waals surface area contributed by atoms with Gasteiger partial charge in [0, 0.05) is 24.9 Å². The molecule has 1 aromatic carbocycles. The quantitative estimate of drug-likeness (QED) is 0.847. The van der Waals surface area contributed by atoms with E-state index >= 15 is 0 Å². The monoisotopic (exact) mass is 231 g/mol. The zero-order valence-corrected chi connectivity index (χ0v) is 9.97. The Balaban J connectivity index is 2.16. The van der Waals surface area contributed by atoms with Crippen molar-refractivity contribution in [2.24, 2.45) is 5.73 Å². The van der Waals surface area contributed by atoms with Crippen molar-refractivity contribution in [3.63, 3.8) is 0 Å². The van der Waals surface area contributed by atoms with Gasteiger partial charge in [-0.3, -0.25) is 0 Å². The molecule has 0 aliphatic rings. The molecular formula is C13H17N3O. The molecule has 2 N–H and O–H groups in total. The van der Waals surface area contributed by atoms with Crippen LogP contribution in [0, 0.1) is 0 Å². The second kappa shape index (κ2) is 5.50. The molecule has 1 aromatic heterocycles. The molecule has 1 heterocycles. The van der Waals surface area contributed by atoms with Crippen LogP contribution in [0.1, 0.15) is 11.3 Å². The van der Waals surface area contributed by atoms with Crippen molar-refractivity contribution in [1.29, 1.82) is 0 Å². The fourth-order valence-corrected chi connectivity index (χ4v) is 1.81. The fraction of sp³-hybridized carbons (Fsp3) is 0.308. The predicted octanol–water partition coefficient (Wildman–Crippen LogP) is 1.44. The number of imidazole rings is 1. The normalized spacial score (nSPS) is 10.5. The van der Waals surface area contributed by atoms with Gasteiger partial charge in [-0.15, -0.1) is 0 Å². The van der Waals surface area contributed by atoms with Gasteiger partial charge in [0.05, 0.1) is 13.4 Å². The Hall–Kier alpha value is -1.81. The van der Waals surface area contributed by atoms with E-state index in [4.69, 9.17) is 10.5 Å². The number of rotatable bonds is 5. The first-order valence-electron chi connectivity index (χ1n) is 5.65. The third kappa shape index (κ3) is 2.85. The summed E-state index contributed by atoms with van der Waals surface area (Å²) in [6, 6.07) is 8.05. The van der Waals surface area contributed by atoms with E-state index in [-0.39, 0.29) is 0 Å². The molecule has 0 radical (unpaired) electrons. The minimum absolute atomic E-state index is 0.643. The molecule has 2 aromatic rings. The number of nitrogens with zero attached hydrogens (tertiary/aromatic N) is 2. The third-order valence-electron chi connectivity index (χ3n) is 2.69. The minimum atomic E-state index is 0.643. The highest BCUT2D eigenvalue weighted by molar-refractivity contribution is 5.28. The van der Waals surface area contributed by atoms with Gasteiger partial charge in [-0.2, -0.15) is 0 Å². The van der Waals surface area contributed by atoms with E-state index in [0.29, 0.717) is 6.54 Å². The summed E-state index contributed by atoms with van der Waals surface area (Å²) < 4.78 is 7.32. The summed E-state index contributed by atoms with van der Waals surface area (Å²) in [4.78, 5) is 4.16. The second-order valence-electron chi connectivity index (χ2n) is 3.90. The van der Waals surface area contributed by atoms with Gasteiger partial charge in [0.25, 0.3) is 0 Å². The van der Waals surface area contributed by atoms with Gasteiger partial charge < -0.3 is 15.0 Å². The summed E-state index contributed by atoms with van der Waals surface area (Å²) in [6.07, 6.45) is 4.56. The van der Waals surface area contributed by atoms with E-state index in [9.17, 15) is 0 Å².